The van der Waals surface area contributed by atoms with Gasteiger partial charge in [-0.1, -0.05) is 0 Å². The number of rotatable bonds is 3. The summed E-state index contributed by atoms with van der Waals surface area (Å²) >= 11 is 0. The van der Waals surface area contributed by atoms with Crippen LogP contribution in [0.5, 0.6) is 5.75 Å². The summed E-state index contributed by atoms with van der Waals surface area (Å²) in [6, 6.07) is 3.88. The molecule has 0 aromatic carbocycles. The summed E-state index contributed by atoms with van der Waals surface area (Å²) in [5.41, 5.74) is 1.07. The summed E-state index contributed by atoms with van der Waals surface area (Å²) in [5.74, 6) is 1.68. The molecule has 0 radical (unpaired) electrons. The van der Waals surface area contributed by atoms with Gasteiger partial charge in [0, 0.05) is 18.2 Å². The number of hydrogen-bond donors (Lipinski definition) is 1. The zero-order chi connectivity index (χ0) is 9.26. The summed E-state index contributed by atoms with van der Waals surface area (Å²) in [6.07, 6.45) is 2.79. The Morgan fingerprint density at radius 1 is 1.62 bits per heavy atom. The first-order valence-electron chi connectivity index (χ1n) is 4.46. The Balaban J connectivity index is 2.07. The first kappa shape index (κ1) is 8.51. The average molecular weight is 179 g/mol. The zero-order valence-corrected chi connectivity index (χ0v) is 7.60. The van der Waals surface area contributed by atoms with E-state index in [-0.39, 0.29) is 6.61 Å². The first-order valence-corrected chi connectivity index (χ1v) is 4.46. The van der Waals surface area contributed by atoms with Crippen molar-refractivity contribution in [1.82, 2.24) is 4.98 Å². The second kappa shape index (κ2) is 3.34. The SMILES string of the molecule is COc1ccc([C@@H]2C[C@@H]2CO)nc1. The van der Waals surface area contributed by atoms with Crippen LogP contribution in [0.4, 0.5) is 0 Å². The molecule has 3 heteroatoms. The highest BCUT2D eigenvalue weighted by molar-refractivity contribution is 5.25. The van der Waals surface area contributed by atoms with Crippen LogP contribution in [-0.4, -0.2) is 23.8 Å². The molecule has 0 saturated heterocycles. The molecule has 1 aliphatic carbocycles. The van der Waals surface area contributed by atoms with E-state index in [9.17, 15) is 0 Å². The van der Waals surface area contributed by atoms with Crippen molar-refractivity contribution in [2.24, 2.45) is 5.92 Å². The Bertz CT molecular complexity index is 283. The minimum absolute atomic E-state index is 0.276. The number of methoxy groups -OCH3 is 1. The maximum Gasteiger partial charge on any atom is 0.137 e. The van der Waals surface area contributed by atoms with Gasteiger partial charge in [0.25, 0.3) is 0 Å². The highest BCUT2D eigenvalue weighted by atomic mass is 16.5. The normalized spacial score (nSPS) is 25.7. The smallest absolute Gasteiger partial charge is 0.137 e. The van der Waals surface area contributed by atoms with Crippen molar-refractivity contribution >= 4 is 0 Å². The van der Waals surface area contributed by atoms with Gasteiger partial charge in [0.2, 0.25) is 0 Å². The van der Waals surface area contributed by atoms with Crippen LogP contribution in [0.1, 0.15) is 18.0 Å². The largest absolute Gasteiger partial charge is 0.495 e. The highest BCUT2D eigenvalue weighted by Crippen LogP contribution is 2.46. The van der Waals surface area contributed by atoms with Crippen molar-refractivity contribution in [3.63, 3.8) is 0 Å². The van der Waals surface area contributed by atoms with Gasteiger partial charge in [0.15, 0.2) is 0 Å². The number of aromatic nitrogens is 1. The lowest BCUT2D eigenvalue weighted by atomic mass is 10.2. The lowest BCUT2D eigenvalue weighted by Crippen LogP contribution is -1.92. The molecule has 1 aromatic rings. The van der Waals surface area contributed by atoms with Gasteiger partial charge in [0.1, 0.15) is 5.75 Å². The minimum atomic E-state index is 0.276. The van der Waals surface area contributed by atoms with E-state index >= 15 is 0 Å². The number of aliphatic hydroxyl groups excluding tert-OH is 1. The van der Waals surface area contributed by atoms with E-state index in [0.717, 1.165) is 17.9 Å². The molecule has 0 spiro atoms. The Labute approximate surface area is 77.4 Å². The Kier molecular flexibility index (Phi) is 2.19. The molecule has 13 heavy (non-hydrogen) atoms. The van der Waals surface area contributed by atoms with Gasteiger partial charge in [-0.3, -0.25) is 4.98 Å². The molecule has 2 atom stereocenters. The second-order valence-electron chi connectivity index (χ2n) is 3.41. The van der Waals surface area contributed by atoms with Crippen molar-refractivity contribution in [1.29, 1.82) is 0 Å². The lowest BCUT2D eigenvalue weighted by molar-refractivity contribution is 0.273. The molecule has 1 aromatic heterocycles. The van der Waals surface area contributed by atoms with Crippen LogP contribution >= 0.6 is 0 Å². The topological polar surface area (TPSA) is 42.4 Å². The standard InChI is InChI=1S/C10H13NO2/c1-13-8-2-3-10(11-5-8)9-4-7(9)6-12/h2-3,5,7,9,12H,4,6H2,1H3/t7-,9-/m1/s1. The molecule has 2 rings (SSSR count). The van der Waals surface area contributed by atoms with Crippen molar-refractivity contribution in [3.05, 3.63) is 24.0 Å². The van der Waals surface area contributed by atoms with Crippen LogP contribution in [0.15, 0.2) is 18.3 Å². The fourth-order valence-electron chi connectivity index (χ4n) is 1.54. The predicted molar refractivity (Wildman–Crippen MR) is 48.7 cm³/mol. The third kappa shape index (κ3) is 1.65. The highest BCUT2D eigenvalue weighted by Gasteiger charge is 2.38. The second-order valence-corrected chi connectivity index (χ2v) is 3.41. The maximum atomic E-state index is 8.89. The fourth-order valence-corrected chi connectivity index (χ4v) is 1.54. The van der Waals surface area contributed by atoms with Gasteiger partial charge in [-0.2, -0.15) is 0 Å². The van der Waals surface area contributed by atoms with Crippen LogP contribution in [0.25, 0.3) is 0 Å². The molecule has 0 amide bonds. The number of aliphatic hydroxyl groups is 1. The number of ether oxygens (including phenoxy) is 1. The number of nitrogens with zero attached hydrogens (tertiary/aromatic N) is 1. The van der Waals surface area contributed by atoms with Crippen LogP contribution < -0.4 is 4.74 Å². The molecule has 1 heterocycles. The Morgan fingerprint density at radius 2 is 2.46 bits per heavy atom. The van der Waals surface area contributed by atoms with E-state index in [1.54, 1.807) is 13.3 Å². The van der Waals surface area contributed by atoms with E-state index in [0.29, 0.717) is 11.8 Å². The molecule has 70 valence electrons. The molecular weight excluding hydrogens is 166 g/mol. The molecule has 1 fully saturated rings. The van der Waals surface area contributed by atoms with E-state index in [4.69, 9.17) is 9.84 Å². The van der Waals surface area contributed by atoms with Crippen molar-refractivity contribution in [3.8, 4) is 5.75 Å². The molecule has 0 unspecified atom stereocenters. The average Bonchev–Trinajstić information content (AvgIpc) is 2.97. The molecule has 0 bridgehead atoms. The summed E-state index contributed by atoms with van der Waals surface area (Å²) in [5, 5.41) is 8.89. The van der Waals surface area contributed by atoms with E-state index in [2.05, 4.69) is 4.98 Å². The quantitative estimate of drug-likeness (QED) is 0.757. The molecule has 1 aliphatic rings. The van der Waals surface area contributed by atoms with Crippen molar-refractivity contribution in [2.45, 2.75) is 12.3 Å². The van der Waals surface area contributed by atoms with Crippen LogP contribution in [0.3, 0.4) is 0 Å². The molecular formula is C10H13NO2. The summed E-state index contributed by atoms with van der Waals surface area (Å²) in [6.45, 7) is 0.276. The van der Waals surface area contributed by atoms with Crippen LogP contribution in [0.2, 0.25) is 0 Å². The van der Waals surface area contributed by atoms with E-state index < -0.39 is 0 Å². The van der Waals surface area contributed by atoms with Crippen LogP contribution in [-0.2, 0) is 0 Å². The van der Waals surface area contributed by atoms with Crippen molar-refractivity contribution in [2.75, 3.05) is 13.7 Å². The van der Waals surface area contributed by atoms with Gasteiger partial charge in [-0.15, -0.1) is 0 Å². The molecule has 1 saturated carbocycles. The maximum absolute atomic E-state index is 8.89. The third-order valence-electron chi connectivity index (χ3n) is 2.53. The lowest BCUT2D eigenvalue weighted by Gasteiger charge is -2.00. The van der Waals surface area contributed by atoms with Gasteiger partial charge in [0.05, 0.1) is 13.3 Å². The van der Waals surface area contributed by atoms with Crippen LogP contribution in [0, 0.1) is 5.92 Å². The number of hydrogen-bond acceptors (Lipinski definition) is 3. The Morgan fingerprint density at radius 3 is 2.92 bits per heavy atom. The first-order chi connectivity index (χ1) is 6.35. The molecule has 0 aliphatic heterocycles. The van der Waals surface area contributed by atoms with Crippen molar-refractivity contribution < 1.29 is 9.84 Å². The third-order valence-corrected chi connectivity index (χ3v) is 2.53. The summed E-state index contributed by atoms with van der Waals surface area (Å²) in [4.78, 5) is 4.27. The van der Waals surface area contributed by atoms with Gasteiger partial charge >= 0.3 is 0 Å². The minimum Gasteiger partial charge on any atom is -0.495 e. The molecule has 1 N–H and O–H groups in total. The predicted octanol–water partition coefficient (Wildman–Crippen LogP) is 1.19. The summed E-state index contributed by atoms with van der Waals surface area (Å²) in [7, 11) is 1.63. The van der Waals surface area contributed by atoms with Gasteiger partial charge < -0.3 is 9.84 Å². The monoisotopic (exact) mass is 179 g/mol. The summed E-state index contributed by atoms with van der Waals surface area (Å²) < 4.78 is 5.01. The van der Waals surface area contributed by atoms with Gasteiger partial charge in [-0.05, 0) is 24.5 Å². The Hall–Kier alpha value is -1.09. The van der Waals surface area contributed by atoms with Gasteiger partial charge in [-0.25, -0.2) is 0 Å². The number of pyridine rings is 1. The zero-order valence-electron chi connectivity index (χ0n) is 7.60. The fraction of sp³-hybridized carbons (Fsp3) is 0.500. The van der Waals surface area contributed by atoms with E-state index in [1.165, 1.54) is 0 Å². The molecule has 3 nitrogen and oxygen atoms in total. The van der Waals surface area contributed by atoms with E-state index in [1.807, 2.05) is 12.1 Å².